The van der Waals surface area contributed by atoms with E-state index in [2.05, 4.69) is 5.32 Å². The summed E-state index contributed by atoms with van der Waals surface area (Å²) < 4.78 is 21.6. The van der Waals surface area contributed by atoms with Gasteiger partial charge in [0.15, 0.2) is 0 Å². The van der Waals surface area contributed by atoms with Gasteiger partial charge in [-0.15, -0.1) is 23.1 Å². The van der Waals surface area contributed by atoms with Crippen molar-refractivity contribution in [3.05, 3.63) is 63.5 Å². The highest BCUT2D eigenvalue weighted by Crippen LogP contribution is 2.47. The number of thiophene rings is 1. The van der Waals surface area contributed by atoms with Crippen LogP contribution in [-0.4, -0.2) is 65.8 Å². The number of carbonyl (C=O) groups excluding carboxylic acids is 4. The fourth-order valence-corrected chi connectivity index (χ4v) is 6.54. The van der Waals surface area contributed by atoms with E-state index in [0.717, 1.165) is 10.4 Å². The van der Waals surface area contributed by atoms with Crippen molar-refractivity contribution in [2.24, 2.45) is 0 Å². The lowest BCUT2D eigenvalue weighted by atomic mass is 9.96. The molecule has 1 N–H and O–H groups in total. The number of hydrogen-bond acceptors (Lipinski definition) is 10. The van der Waals surface area contributed by atoms with Crippen LogP contribution in [0.5, 0.6) is 5.75 Å². The molecule has 2 aliphatic rings. The van der Waals surface area contributed by atoms with Crippen LogP contribution in [0.3, 0.4) is 0 Å². The van der Waals surface area contributed by atoms with Crippen molar-refractivity contribution in [3.8, 4) is 5.75 Å². The Morgan fingerprint density at radius 3 is 2.53 bits per heavy atom. The molecule has 0 aliphatic carbocycles. The summed E-state index contributed by atoms with van der Waals surface area (Å²) in [6.07, 6.45) is -0.683. The summed E-state index contributed by atoms with van der Waals surface area (Å²) in [6, 6.07) is 10.7. The molecule has 2 aromatic rings. The van der Waals surface area contributed by atoms with Crippen LogP contribution in [0.4, 0.5) is 0 Å². The number of nitrogens with zero attached hydrogens (tertiary/aromatic N) is 1. The van der Waals surface area contributed by atoms with Gasteiger partial charge in [-0.05, 0) is 36.1 Å². The molecule has 202 valence electrons. The lowest BCUT2D eigenvalue weighted by Gasteiger charge is -2.56. The lowest BCUT2D eigenvalue weighted by molar-refractivity contribution is -0.193. The Labute approximate surface area is 228 Å². The summed E-state index contributed by atoms with van der Waals surface area (Å²) in [6.45, 7) is 2.85. The first-order valence-electron chi connectivity index (χ1n) is 11.7. The van der Waals surface area contributed by atoms with Gasteiger partial charge in [-0.25, -0.2) is 4.79 Å². The zero-order chi connectivity index (χ0) is 27.4. The van der Waals surface area contributed by atoms with Crippen LogP contribution in [0.25, 0.3) is 0 Å². The number of rotatable bonds is 10. The predicted octanol–water partition coefficient (Wildman–Crippen LogP) is 2.62. The summed E-state index contributed by atoms with van der Waals surface area (Å²) in [5.74, 6) is -1.35. The van der Waals surface area contributed by atoms with Crippen LogP contribution in [0, 0.1) is 0 Å². The maximum absolute atomic E-state index is 13.5. The molecule has 2 aliphatic heterocycles. The van der Waals surface area contributed by atoms with Gasteiger partial charge in [-0.3, -0.25) is 19.3 Å². The Morgan fingerprint density at radius 1 is 1.18 bits per heavy atom. The third-order valence-electron chi connectivity index (χ3n) is 6.18. The standard InChI is InChI=1S/C26H28N2O8S2/c1-15(36-16(2)29)20-14-38-25-26(34-4,27-21(30)12-19-6-5-11-37-19)24(32)28(25)22(20)23(31)35-13-17-7-9-18(33-3)10-8-17/h5-11,15,25H,12-14H2,1-4H3,(H,27,30)/t15?,25-,26-/m0/s1. The smallest absolute Gasteiger partial charge is 0.355 e. The fourth-order valence-electron chi connectivity index (χ4n) is 4.28. The number of nitrogens with one attached hydrogen (secondary N) is 1. The normalized spacial score (nSPS) is 21.2. The Bertz CT molecular complexity index is 1240. The molecule has 0 radical (unpaired) electrons. The molecule has 0 bridgehead atoms. The van der Waals surface area contributed by atoms with Crippen molar-refractivity contribution < 1.29 is 38.1 Å². The largest absolute Gasteiger partial charge is 0.497 e. The Balaban J connectivity index is 1.58. The molecule has 2 amide bonds. The van der Waals surface area contributed by atoms with Gasteiger partial charge in [-0.2, -0.15) is 0 Å². The number of carbonyl (C=O) groups is 4. The first-order valence-corrected chi connectivity index (χ1v) is 13.7. The van der Waals surface area contributed by atoms with E-state index in [0.29, 0.717) is 11.3 Å². The van der Waals surface area contributed by atoms with Gasteiger partial charge < -0.3 is 24.3 Å². The number of esters is 2. The second-order valence-electron chi connectivity index (χ2n) is 8.63. The topological polar surface area (TPSA) is 120 Å². The number of hydrogen-bond donors (Lipinski definition) is 1. The van der Waals surface area contributed by atoms with E-state index in [1.165, 1.54) is 42.0 Å². The van der Waals surface area contributed by atoms with Crippen LogP contribution < -0.4 is 10.1 Å². The van der Waals surface area contributed by atoms with Crippen molar-refractivity contribution in [1.29, 1.82) is 0 Å². The molecule has 3 atom stereocenters. The highest BCUT2D eigenvalue weighted by molar-refractivity contribution is 8.00. The van der Waals surface area contributed by atoms with Crippen molar-refractivity contribution in [2.75, 3.05) is 20.0 Å². The highest BCUT2D eigenvalue weighted by atomic mass is 32.2. The van der Waals surface area contributed by atoms with E-state index in [4.69, 9.17) is 18.9 Å². The summed E-state index contributed by atoms with van der Waals surface area (Å²) >= 11 is 2.73. The van der Waals surface area contributed by atoms with Crippen molar-refractivity contribution in [1.82, 2.24) is 10.2 Å². The number of benzene rings is 1. The van der Waals surface area contributed by atoms with Crippen molar-refractivity contribution in [3.63, 3.8) is 0 Å². The first kappa shape index (κ1) is 27.7. The minimum Gasteiger partial charge on any atom is -0.497 e. The second kappa shape index (κ2) is 11.6. The Kier molecular flexibility index (Phi) is 8.44. The molecule has 10 nitrogen and oxygen atoms in total. The van der Waals surface area contributed by atoms with Gasteiger partial charge in [0, 0.05) is 30.2 Å². The van der Waals surface area contributed by atoms with Gasteiger partial charge in [-0.1, -0.05) is 18.2 Å². The predicted molar refractivity (Wildman–Crippen MR) is 140 cm³/mol. The van der Waals surface area contributed by atoms with E-state index in [9.17, 15) is 19.2 Å². The highest BCUT2D eigenvalue weighted by Gasteiger charge is 2.67. The minimum absolute atomic E-state index is 0.0128. The van der Waals surface area contributed by atoms with Crippen LogP contribution in [-0.2, 0) is 46.4 Å². The molecule has 0 saturated carbocycles. The van der Waals surface area contributed by atoms with Gasteiger partial charge in [0.1, 0.15) is 29.5 Å². The third-order valence-corrected chi connectivity index (χ3v) is 8.39. The van der Waals surface area contributed by atoms with Crippen molar-refractivity contribution >= 4 is 46.9 Å². The molecule has 4 rings (SSSR count). The van der Waals surface area contributed by atoms with Gasteiger partial charge in [0.2, 0.25) is 5.91 Å². The number of fused-ring (bicyclic) bond motifs is 1. The van der Waals surface area contributed by atoms with Gasteiger partial charge in [0.25, 0.3) is 11.6 Å². The maximum atomic E-state index is 13.5. The molecule has 1 saturated heterocycles. The SMILES string of the molecule is COc1ccc(COC(=O)C2=C(C(C)OC(C)=O)CS[C@@H]3N2C(=O)[C@]3(NC(=O)Cc2cccs2)OC)cc1. The molecule has 1 unspecified atom stereocenters. The van der Waals surface area contributed by atoms with Crippen LogP contribution in [0.15, 0.2) is 53.0 Å². The van der Waals surface area contributed by atoms with Crippen LogP contribution >= 0.6 is 23.1 Å². The Morgan fingerprint density at radius 2 is 1.92 bits per heavy atom. The van der Waals surface area contributed by atoms with E-state index in [-0.39, 0.29) is 30.4 Å². The van der Waals surface area contributed by atoms with Crippen LogP contribution in [0.2, 0.25) is 0 Å². The number of ether oxygens (including phenoxy) is 4. The summed E-state index contributed by atoms with van der Waals surface area (Å²) in [7, 11) is 2.89. The number of β-lactam (4-membered cyclic amide) rings is 1. The monoisotopic (exact) mass is 560 g/mol. The quantitative estimate of drug-likeness (QED) is 0.266. The van der Waals surface area contributed by atoms with Gasteiger partial charge in [0.05, 0.1) is 13.5 Å². The summed E-state index contributed by atoms with van der Waals surface area (Å²) in [4.78, 5) is 53.5. The molecular weight excluding hydrogens is 532 g/mol. The third kappa shape index (κ3) is 5.42. The number of methoxy groups -OCH3 is 2. The molecular formula is C26H28N2O8S2. The molecule has 38 heavy (non-hydrogen) atoms. The molecule has 12 heteroatoms. The summed E-state index contributed by atoms with van der Waals surface area (Å²) in [5, 5.41) is 3.88. The minimum atomic E-state index is -1.64. The first-order chi connectivity index (χ1) is 18.2. The molecule has 3 heterocycles. The van der Waals surface area contributed by atoms with E-state index in [1.54, 1.807) is 38.3 Å². The molecule has 1 fully saturated rings. The number of amides is 2. The van der Waals surface area contributed by atoms with Crippen molar-refractivity contribution in [2.45, 2.75) is 44.1 Å². The summed E-state index contributed by atoms with van der Waals surface area (Å²) in [5.41, 5.74) is -0.500. The lowest BCUT2D eigenvalue weighted by Crippen LogP contribution is -2.81. The molecule has 1 aromatic carbocycles. The molecule has 1 aromatic heterocycles. The zero-order valence-corrected chi connectivity index (χ0v) is 23.0. The van der Waals surface area contributed by atoms with E-state index < -0.39 is 35.0 Å². The maximum Gasteiger partial charge on any atom is 0.355 e. The second-order valence-corrected chi connectivity index (χ2v) is 10.7. The zero-order valence-electron chi connectivity index (χ0n) is 21.3. The fraction of sp³-hybridized carbons (Fsp3) is 0.385. The average Bonchev–Trinajstić information content (AvgIpc) is 3.42. The van der Waals surface area contributed by atoms with E-state index in [1.807, 2.05) is 17.5 Å². The van der Waals surface area contributed by atoms with Crippen LogP contribution in [0.1, 0.15) is 24.3 Å². The van der Waals surface area contributed by atoms with E-state index >= 15 is 0 Å². The Hall–Kier alpha value is -3.35. The van der Waals surface area contributed by atoms with Gasteiger partial charge >= 0.3 is 11.9 Å². The average molecular weight is 561 g/mol. The molecule has 0 spiro atoms. The number of thioether (sulfide) groups is 1.